The van der Waals surface area contributed by atoms with Crippen LogP contribution in [0.25, 0.3) is 22.2 Å². The van der Waals surface area contributed by atoms with E-state index in [0.29, 0.717) is 5.56 Å². The minimum absolute atomic E-state index is 0.240. The first-order valence-corrected chi connectivity index (χ1v) is 5.59. The van der Waals surface area contributed by atoms with E-state index < -0.39 is 0 Å². The average molecular weight is 234 g/mol. The highest BCUT2D eigenvalue weighted by atomic mass is 16.3. The van der Waals surface area contributed by atoms with E-state index in [1.165, 1.54) is 0 Å². The SMILES string of the molecule is N#Cc1ccc2[nH]c(-c3ccccc3O)cc2c1. The average Bonchev–Trinajstić information content (AvgIpc) is 2.81. The maximum absolute atomic E-state index is 9.82. The first-order chi connectivity index (χ1) is 8.78. The first kappa shape index (κ1) is 10.4. The van der Waals surface area contributed by atoms with Crippen molar-refractivity contribution in [3.8, 4) is 23.1 Å². The van der Waals surface area contributed by atoms with Gasteiger partial charge in [0.1, 0.15) is 5.75 Å². The number of nitrogens with zero attached hydrogens (tertiary/aromatic N) is 1. The number of nitriles is 1. The quantitative estimate of drug-likeness (QED) is 0.677. The van der Waals surface area contributed by atoms with Gasteiger partial charge in [-0.2, -0.15) is 5.26 Å². The van der Waals surface area contributed by atoms with Crippen LogP contribution in [0.3, 0.4) is 0 Å². The molecule has 0 aliphatic rings. The molecule has 0 spiro atoms. The minimum Gasteiger partial charge on any atom is -0.507 e. The van der Waals surface area contributed by atoms with E-state index >= 15 is 0 Å². The van der Waals surface area contributed by atoms with E-state index in [9.17, 15) is 5.11 Å². The zero-order valence-corrected chi connectivity index (χ0v) is 9.51. The summed E-state index contributed by atoms with van der Waals surface area (Å²) < 4.78 is 0. The third-order valence-electron chi connectivity index (χ3n) is 2.94. The summed E-state index contributed by atoms with van der Waals surface area (Å²) in [5.41, 5.74) is 3.18. The van der Waals surface area contributed by atoms with Crippen molar-refractivity contribution >= 4 is 10.9 Å². The number of H-pyrrole nitrogens is 1. The Morgan fingerprint density at radius 3 is 2.67 bits per heavy atom. The lowest BCUT2D eigenvalue weighted by atomic mass is 10.1. The molecule has 0 aliphatic heterocycles. The number of aromatic hydroxyl groups is 1. The Hall–Kier alpha value is -2.73. The normalized spacial score (nSPS) is 10.4. The monoisotopic (exact) mass is 234 g/mol. The Morgan fingerprint density at radius 2 is 1.89 bits per heavy atom. The zero-order valence-electron chi connectivity index (χ0n) is 9.51. The molecule has 0 radical (unpaired) electrons. The third-order valence-corrected chi connectivity index (χ3v) is 2.94. The molecule has 0 saturated heterocycles. The van der Waals surface area contributed by atoms with Crippen LogP contribution in [-0.4, -0.2) is 10.1 Å². The molecule has 3 heteroatoms. The van der Waals surface area contributed by atoms with Gasteiger partial charge in [-0.1, -0.05) is 12.1 Å². The van der Waals surface area contributed by atoms with Gasteiger partial charge >= 0.3 is 0 Å². The molecule has 3 aromatic rings. The molecule has 3 rings (SSSR count). The predicted octanol–water partition coefficient (Wildman–Crippen LogP) is 3.41. The molecule has 0 amide bonds. The number of hydrogen-bond acceptors (Lipinski definition) is 2. The molecule has 2 aromatic carbocycles. The van der Waals surface area contributed by atoms with Crippen molar-refractivity contribution in [3.05, 3.63) is 54.1 Å². The molecular formula is C15H10N2O. The van der Waals surface area contributed by atoms with E-state index in [-0.39, 0.29) is 5.75 Å². The van der Waals surface area contributed by atoms with Gasteiger partial charge in [0.05, 0.1) is 17.3 Å². The smallest absolute Gasteiger partial charge is 0.124 e. The summed E-state index contributed by atoms with van der Waals surface area (Å²) in [5.74, 6) is 0.240. The standard InChI is InChI=1S/C15H10N2O/c16-9-10-5-6-13-11(7-10)8-14(17-13)12-3-1-2-4-15(12)18/h1-8,17-18H. The van der Waals surface area contributed by atoms with E-state index in [0.717, 1.165) is 22.2 Å². The van der Waals surface area contributed by atoms with E-state index in [1.54, 1.807) is 18.2 Å². The lowest BCUT2D eigenvalue weighted by Crippen LogP contribution is -1.77. The fourth-order valence-electron chi connectivity index (χ4n) is 2.05. The summed E-state index contributed by atoms with van der Waals surface area (Å²) in [6.45, 7) is 0. The molecule has 0 atom stereocenters. The summed E-state index contributed by atoms with van der Waals surface area (Å²) in [6.07, 6.45) is 0. The number of aromatic nitrogens is 1. The van der Waals surface area contributed by atoms with Gasteiger partial charge < -0.3 is 10.1 Å². The number of benzene rings is 2. The summed E-state index contributed by atoms with van der Waals surface area (Å²) in [6, 6.07) is 16.7. The van der Waals surface area contributed by atoms with Crippen LogP contribution in [-0.2, 0) is 0 Å². The third kappa shape index (κ3) is 1.61. The number of para-hydroxylation sites is 1. The van der Waals surface area contributed by atoms with E-state index in [2.05, 4.69) is 11.1 Å². The fourth-order valence-corrected chi connectivity index (χ4v) is 2.05. The van der Waals surface area contributed by atoms with Gasteiger partial charge in [0.2, 0.25) is 0 Å². The van der Waals surface area contributed by atoms with Crippen LogP contribution in [0.15, 0.2) is 48.5 Å². The van der Waals surface area contributed by atoms with E-state index in [1.807, 2.05) is 30.3 Å². The fraction of sp³-hybridized carbons (Fsp3) is 0. The summed E-state index contributed by atoms with van der Waals surface area (Å²) in [4.78, 5) is 3.23. The van der Waals surface area contributed by atoms with Crippen LogP contribution in [0.1, 0.15) is 5.56 Å². The number of phenols is 1. The Bertz CT molecular complexity index is 766. The van der Waals surface area contributed by atoms with Crippen molar-refractivity contribution in [2.24, 2.45) is 0 Å². The topological polar surface area (TPSA) is 59.8 Å². The highest BCUT2D eigenvalue weighted by Crippen LogP contribution is 2.30. The molecule has 0 bridgehead atoms. The molecule has 0 unspecified atom stereocenters. The molecule has 18 heavy (non-hydrogen) atoms. The molecule has 1 heterocycles. The van der Waals surface area contributed by atoms with Gasteiger partial charge in [-0.3, -0.25) is 0 Å². The highest BCUT2D eigenvalue weighted by molar-refractivity contribution is 5.87. The van der Waals surface area contributed by atoms with Crippen LogP contribution >= 0.6 is 0 Å². The second-order valence-electron chi connectivity index (χ2n) is 4.11. The maximum atomic E-state index is 9.82. The lowest BCUT2D eigenvalue weighted by Gasteiger charge is -2.00. The van der Waals surface area contributed by atoms with Crippen LogP contribution in [0.4, 0.5) is 0 Å². The maximum Gasteiger partial charge on any atom is 0.124 e. The van der Waals surface area contributed by atoms with Crippen molar-refractivity contribution in [2.75, 3.05) is 0 Å². The number of hydrogen-bond donors (Lipinski definition) is 2. The number of aromatic amines is 1. The first-order valence-electron chi connectivity index (χ1n) is 5.59. The van der Waals surface area contributed by atoms with Crippen molar-refractivity contribution in [1.29, 1.82) is 5.26 Å². The Labute approximate surface area is 104 Å². The predicted molar refractivity (Wildman–Crippen MR) is 70.1 cm³/mol. The van der Waals surface area contributed by atoms with Crippen LogP contribution in [0.2, 0.25) is 0 Å². The Balaban J connectivity index is 2.20. The van der Waals surface area contributed by atoms with Crippen LogP contribution in [0, 0.1) is 11.3 Å². The van der Waals surface area contributed by atoms with Crippen LogP contribution in [0.5, 0.6) is 5.75 Å². The second kappa shape index (κ2) is 3.94. The zero-order chi connectivity index (χ0) is 12.5. The molecular weight excluding hydrogens is 224 g/mol. The van der Waals surface area contributed by atoms with Gasteiger partial charge in [-0.05, 0) is 36.4 Å². The largest absolute Gasteiger partial charge is 0.507 e. The molecule has 1 aromatic heterocycles. The Kier molecular flexibility index (Phi) is 2.28. The molecule has 0 aliphatic carbocycles. The Morgan fingerprint density at radius 1 is 1.06 bits per heavy atom. The molecule has 0 saturated carbocycles. The van der Waals surface area contributed by atoms with Crippen molar-refractivity contribution in [2.45, 2.75) is 0 Å². The summed E-state index contributed by atoms with van der Waals surface area (Å²) in [5, 5.41) is 19.6. The highest BCUT2D eigenvalue weighted by Gasteiger charge is 2.07. The van der Waals surface area contributed by atoms with Crippen molar-refractivity contribution in [3.63, 3.8) is 0 Å². The van der Waals surface area contributed by atoms with Crippen molar-refractivity contribution in [1.82, 2.24) is 4.98 Å². The number of nitrogens with one attached hydrogen (secondary N) is 1. The lowest BCUT2D eigenvalue weighted by molar-refractivity contribution is 0.477. The minimum atomic E-state index is 0.240. The molecule has 0 fully saturated rings. The van der Waals surface area contributed by atoms with Gasteiger partial charge in [-0.15, -0.1) is 0 Å². The molecule has 3 nitrogen and oxygen atoms in total. The van der Waals surface area contributed by atoms with Gasteiger partial charge in [0, 0.05) is 16.5 Å². The second-order valence-corrected chi connectivity index (χ2v) is 4.11. The summed E-state index contributed by atoms with van der Waals surface area (Å²) in [7, 11) is 0. The van der Waals surface area contributed by atoms with Crippen molar-refractivity contribution < 1.29 is 5.11 Å². The van der Waals surface area contributed by atoms with E-state index in [4.69, 9.17) is 5.26 Å². The van der Waals surface area contributed by atoms with Gasteiger partial charge in [-0.25, -0.2) is 0 Å². The number of rotatable bonds is 1. The summed E-state index contributed by atoms with van der Waals surface area (Å²) >= 11 is 0. The molecule has 2 N–H and O–H groups in total. The van der Waals surface area contributed by atoms with Crippen LogP contribution < -0.4 is 0 Å². The van der Waals surface area contributed by atoms with Gasteiger partial charge in [0.15, 0.2) is 0 Å². The number of fused-ring (bicyclic) bond motifs is 1. The molecule has 86 valence electrons. The van der Waals surface area contributed by atoms with Gasteiger partial charge in [0.25, 0.3) is 0 Å². The number of phenolic OH excluding ortho intramolecular Hbond substituents is 1.